The molecular weight excluding hydrogens is 499 g/mol. The fourth-order valence-corrected chi connectivity index (χ4v) is 5.05. The molecule has 5 rings (SSSR count). The van der Waals surface area contributed by atoms with Gasteiger partial charge in [0.05, 0.1) is 17.2 Å². The molecule has 2 aromatic carbocycles. The summed E-state index contributed by atoms with van der Waals surface area (Å²) in [6.07, 6.45) is 0.388. The second kappa shape index (κ2) is 10.3. The van der Waals surface area contributed by atoms with Gasteiger partial charge in [-0.25, -0.2) is 9.97 Å². The molecule has 190 valence electrons. The summed E-state index contributed by atoms with van der Waals surface area (Å²) in [5.41, 5.74) is 3.80. The van der Waals surface area contributed by atoms with Crippen LogP contribution in [0.5, 0.6) is 5.75 Å². The van der Waals surface area contributed by atoms with Gasteiger partial charge in [0.2, 0.25) is 0 Å². The number of aryl methyl sites for hydroxylation is 2. The van der Waals surface area contributed by atoms with Gasteiger partial charge in [0.25, 0.3) is 0 Å². The molecule has 3 heterocycles. The molecule has 0 aliphatic heterocycles. The summed E-state index contributed by atoms with van der Waals surface area (Å²) in [6.45, 7) is 2.89. The minimum atomic E-state index is -4.69. The van der Waals surface area contributed by atoms with E-state index in [1.807, 2.05) is 25.2 Å². The van der Waals surface area contributed by atoms with E-state index in [9.17, 15) is 13.2 Å². The normalized spacial score (nSPS) is 11.7. The molecular formula is C28H24F3N3O2S. The van der Waals surface area contributed by atoms with Crippen LogP contribution >= 0.6 is 11.3 Å². The monoisotopic (exact) mass is 523 g/mol. The van der Waals surface area contributed by atoms with Gasteiger partial charge in [0.1, 0.15) is 22.7 Å². The van der Waals surface area contributed by atoms with Crippen LogP contribution in [0.2, 0.25) is 0 Å². The third-order valence-corrected chi connectivity index (χ3v) is 6.92. The number of hydrogen-bond acceptors (Lipinski definition) is 6. The minimum Gasteiger partial charge on any atom is -0.472 e. The van der Waals surface area contributed by atoms with Gasteiger partial charge in [-0.1, -0.05) is 36.4 Å². The van der Waals surface area contributed by atoms with Crippen LogP contribution in [0.4, 0.5) is 19.0 Å². The fourth-order valence-electron chi connectivity index (χ4n) is 4.18. The van der Waals surface area contributed by atoms with Crippen LogP contribution in [-0.2, 0) is 6.42 Å². The molecule has 0 aliphatic rings. The summed E-state index contributed by atoms with van der Waals surface area (Å²) in [6, 6.07) is 18.0. The Morgan fingerprint density at radius 1 is 0.946 bits per heavy atom. The Hall–Kier alpha value is -3.85. The average molecular weight is 524 g/mol. The lowest BCUT2D eigenvalue weighted by Gasteiger charge is -2.19. The largest absolute Gasteiger partial charge is 0.573 e. The van der Waals surface area contributed by atoms with Gasteiger partial charge in [-0.05, 0) is 60.7 Å². The van der Waals surface area contributed by atoms with Crippen molar-refractivity contribution in [2.75, 3.05) is 18.5 Å². The molecule has 0 radical (unpaired) electrons. The maximum atomic E-state index is 12.4. The lowest BCUT2D eigenvalue weighted by Crippen LogP contribution is -2.21. The van der Waals surface area contributed by atoms with Crippen molar-refractivity contribution in [2.24, 2.45) is 0 Å². The topological polar surface area (TPSA) is 51.4 Å². The first-order valence-electron chi connectivity index (χ1n) is 11.7. The number of alkyl halides is 3. The Bertz CT molecular complexity index is 1480. The summed E-state index contributed by atoms with van der Waals surface area (Å²) in [4.78, 5) is 13.9. The third kappa shape index (κ3) is 5.94. The van der Waals surface area contributed by atoms with Gasteiger partial charge in [0, 0.05) is 18.5 Å². The highest BCUT2D eigenvalue weighted by molar-refractivity contribution is 7.18. The first kappa shape index (κ1) is 24.8. The fraction of sp³-hybridized carbons (Fsp3) is 0.214. The molecule has 0 amide bonds. The van der Waals surface area contributed by atoms with Crippen molar-refractivity contribution in [2.45, 2.75) is 26.1 Å². The summed E-state index contributed by atoms with van der Waals surface area (Å²) >= 11 is 1.65. The number of hydrogen-bond donors (Lipinski definition) is 0. The highest BCUT2D eigenvalue weighted by atomic mass is 32.1. The number of aromatic nitrogens is 2. The van der Waals surface area contributed by atoms with E-state index in [1.165, 1.54) is 22.6 Å². The molecule has 0 aliphatic carbocycles. The number of fused-ring (bicyclic) bond motifs is 1. The quantitative estimate of drug-likeness (QED) is 0.207. The number of benzene rings is 2. The highest BCUT2D eigenvalue weighted by Crippen LogP contribution is 2.33. The molecule has 0 N–H and O–H groups in total. The third-order valence-electron chi connectivity index (χ3n) is 5.97. The van der Waals surface area contributed by atoms with E-state index in [2.05, 4.69) is 34.8 Å². The minimum absolute atomic E-state index is 0.229. The number of anilines is 1. The van der Waals surface area contributed by atoms with Crippen LogP contribution < -0.4 is 9.64 Å². The highest BCUT2D eigenvalue weighted by Gasteiger charge is 2.31. The molecule has 0 bridgehead atoms. The number of ether oxygens (including phenoxy) is 1. The van der Waals surface area contributed by atoms with E-state index in [4.69, 9.17) is 14.4 Å². The lowest BCUT2D eigenvalue weighted by molar-refractivity contribution is -0.274. The molecule has 5 aromatic rings. The Kier molecular flexibility index (Phi) is 6.88. The van der Waals surface area contributed by atoms with Crippen LogP contribution in [0.1, 0.15) is 16.9 Å². The predicted molar refractivity (Wildman–Crippen MR) is 140 cm³/mol. The number of thiophene rings is 1. The summed E-state index contributed by atoms with van der Waals surface area (Å²) in [5, 5.41) is 1.05. The van der Waals surface area contributed by atoms with Crippen LogP contribution in [0, 0.1) is 6.92 Å². The maximum absolute atomic E-state index is 12.4. The molecule has 9 heteroatoms. The molecule has 0 spiro atoms. The number of furan rings is 1. The van der Waals surface area contributed by atoms with E-state index in [1.54, 1.807) is 36.0 Å². The molecule has 0 atom stereocenters. The van der Waals surface area contributed by atoms with Crippen molar-refractivity contribution < 1.29 is 22.3 Å². The van der Waals surface area contributed by atoms with E-state index in [0.717, 1.165) is 52.1 Å². The average Bonchev–Trinajstić information content (AvgIpc) is 3.52. The zero-order valence-corrected chi connectivity index (χ0v) is 21.1. The van der Waals surface area contributed by atoms with Gasteiger partial charge in [-0.3, -0.25) is 0 Å². The van der Waals surface area contributed by atoms with Crippen LogP contribution in [0.25, 0.3) is 32.7 Å². The standard InChI is InChI=1S/C28H24F3N3O2S/c1-18-16-24-26(32-25(33-27(24)37-18)22-13-15-35-17-22)34(2)14-3-4-19-5-7-20(8-6-19)21-9-11-23(12-10-21)36-28(29,30)31/h5-13,15-17H,3-4,14H2,1-2H3. The number of nitrogens with zero attached hydrogens (tertiary/aromatic N) is 3. The van der Waals surface area contributed by atoms with Gasteiger partial charge in [-0.15, -0.1) is 24.5 Å². The van der Waals surface area contributed by atoms with Crippen molar-refractivity contribution in [1.29, 1.82) is 0 Å². The van der Waals surface area contributed by atoms with Crippen LogP contribution in [-0.4, -0.2) is 29.9 Å². The van der Waals surface area contributed by atoms with E-state index in [0.29, 0.717) is 5.82 Å². The van der Waals surface area contributed by atoms with Gasteiger partial charge in [0.15, 0.2) is 5.82 Å². The first-order valence-corrected chi connectivity index (χ1v) is 12.5. The number of halogens is 3. The summed E-state index contributed by atoms with van der Waals surface area (Å²) in [5.74, 6) is 1.32. The van der Waals surface area contributed by atoms with Crippen molar-refractivity contribution in [3.05, 3.63) is 83.6 Å². The zero-order valence-electron chi connectivity index (χ0n) is 20.2. The molecule has 3 aromatic heterocycles. The zero-order chi connectivity index (χ0) is 26.0. The van der Waals surface area contributed by atoms with Crippen molar-refractivity contribution in [1.82, 2.24) is 9.97 Å². The molecule has 0 saturated heterocycles. The van der Waals surface area contributed by atoms with Gasteiger partial charge in [-0.2, -0.15) is 0 Å². The summed E-state index contributed by atoms with van der Waals surface area (Å²) in [7, 11) is 2.04. The molecule has 0 saturated carbocycles. The SMILES string of the molecule is Cc1cc2c(N(C)CCCc3ccc(-c4ccc(OC(F)(F)F)cc4)cc3)nc(-c3ccoc3)nc2s1. The lowest BCUT2D eigenvalue weighted by atomic mass is 10.0. The van der Waals surface area contributed by atoms with Crippen molar-refractivity contribution >= 4 is 27.4 Å². The van der Waals surface area contributed by atoms with E-state index in [-0.39, 0.29) is 5.75 Å². The Labute approximate surface area is 216 Å². The maximum Gasteiger partial charge on any atom is 0.573 e. The van der Waals surface area contributed by atoms with Crippen LogP contribution in [0.3, 0.4) is 0 Å². The summed E-state index contributed by atoms with van der Waals surface area (Å²) < 4.78 is 46.3. The van der Waals surface area contributed by atoms with Gasteiger partial charge >= 0.3 is 6.36 Å². The Balaban J connectivity index is 1.23. The second-order valence-electron chi connectivity index (χ2n) is 8.75. The molecule has 37 heavy (non-hydrogen) atoms. The van der Waals surface area contributed by atoms with Crippen molar-refractivity contribution in [3.63, 3.8) is 0 Å². The molecule has 0 unspecified atom stereocenters. The number of rotatable bonds is 8. The predicted octanol–water partition coefficient (Wildman–Crippen LogP) is 7.89. The molecule has 5 nitrogen and oxygen atoms in total. The second-order valence-corrected chi connectivity index (χ2v) is 9.99. The van der Waals surface area contributed by atoms with E-state index < -0.39 is 6.36 Å². The Morgan fingerprint density at radius 2 is 1.65 bits per heavy atom. The van der Waals surface area contributed by atoms with E-state index >= 15 is 0 Å². The Morgan fingerprint density at radius 3 is 2.30 bits per heavy atom. The first-order chi connectivity index (χ1) is 17.7. The van der Waals surface area contributed by atoms with Crippen LogP contribution in [0.15, 0.2) is 77.6 Å². The molecule has 0 fully saturated rings. The smallest absolute Gasteiger partial charge is 0.472 e. The van der Waals surface area contributed by atoms with Crippen molar-refractivity contribution in [3.8, 4) is 28.3 Å². The van der Waals surface area contributed by atoms with Gasteiger partial charge < -0.3 is 14.1 Å².